The maximum atomic E-state index is 13.0. The average molecular weight is 493 g/mol. The van der Waals surface area contributed by atoms with Crippen molar-refractivity contribution in [2.45, 2.75) is 74.2 Å². The Hall–Kier alpha value is -1.94. The number of ether oxygens (including phenoxy) is 1. The molecule has 33 heavy (non-hydrogen) atoms. The van der Waals surface area contributed by atoms with Crippen molar-refractivity contribution in [1.82, 2.24) is 8.61 Å². The molecule has 2 fully saturated rings. The third-order valence-electron chi connectivity index (χ3n) is 6.58. The van der Waals surface area contributed by atoms with Crippen molar-refractivity contribution in [3.05, 3.63) is 48.5 Å². The van der Waals surface area contributed by atoms with Crippen molar-refractivity contribution >= 4 is 20.0 Å². The van der Waals surface area contributed by atoms with Gasteiger partial charge in [-0.1, -0.05) is 12.8 Å². The van der Waals surface area contributed by atoms with Gasteiger partial charge in [0.15, 0.2) is 0 Å². The third kappa shape index (κ3) is 5.11. The number of rotatable bonds is 6. The Morgan fingerprint density at radius 2 is 1.00 bits per heavy atom. The van der Waals surface area contributed by atoms with Crippen LogP contribution in [0.15, 0.2) is 58.3 Å². The highest BCUT2D eigenvalue weighted by molar-refractivity contribution is 7.89. The summed E-state index contributed by atoms with van der Waals surface area (Å²) >= 11 is 0. The Balaban J connectivity index is 1.45. The summed E-state index contributed by atoms with van der Waals surface area (Å²) in [5, 5.41) is 0. The largest absolute Gasteiger partial charge is 0.457 e. The first-order valence-corrected chi connectivity index (χ1v) is 14.5. The van der Waals surface area contributed by atoms with Gasteiger partial charge in [0.05, 0.1) is 9.79 Å². The van der Waals surface area contributed by atoms with Crippen LogP contribution in [0.5, 0.6) is 11.5 Å². The fraction of sp³-hybridized carbons (Fsp3) is 0.500. The number of hydrogen-bond acceptors (Lipinski definition) is 5. The molecule has 2 heterocycles. The first-order valence-electron chi connectivity index (χ1n) is 11.6. The van der Waals surface area contributed by atoms with Crippen molar-refractivity contribution < 1.29 is 21.6 Å². The number of sulfonamides is 2. The van der Waals surface area contributed by atoms with Crippen LogP contribution in [0.25, 0.3) is 0 Å². The van der Waals surface area contributed by atoms with Crippen molar-refractivity contribution in [2.24, 2.45) is 0 Å². The number of piperidine rings is 2. The van der Waals surface area contributed by atoms with Crippen LogP contribution in [0.1, 0.15) is 52.4 Å². The predicted octanol–water partition coefficient (Wildman–Crippen LogP) is 4.61. The zero-order valence-electron chi connectivity index (χ0n) is 19.2. The van der Waals surface area contributed by atoms with Gasteiger partial charge in [-0.15, -0.1) is 0 Å². The van der Waals surface area contributed by atoms with E-state index in [4.69, 9.17) is 4.74 Å². The molecule has 2 aromatic carbocycles. The Morgan fingerprint density at radius 3 is 1.33 bits per heavy atom. The third-order valence-corrected chi connectivity index (χ3v) is 10.6. The summed E-state index contributed by atoms with van der Waals surface area (Å²) in [5.41, 5.74) is 0. The molecule has 2 saturated heterocycles. The van der Waals surface area contributed by atoms with E-state index in [9.17, 15) is 16.8 Å². The first kappa shape index (κ1) is 24.2. The molecule has 2 aromatic rings. The van der Waals surface area contributed by atoms with E-state index in [1.165, 1.54) is 0 Å². The molecule has 0 spiro atoms. The minimum Gasteiger partial charge on any atom is -0.457 e. The standard InChI is InChI=1S/C24H32N2O5S2/c1-19-7-3-5-17-25(19)32(27,28)23-13-9-21(10-14-23)31-22-11-15-24(16-12-22)33(29,30)26-18-6-4-8-20(26)2/h9-16,19-20H,3-8,17-18H2,1-2H3/t19-,20+. The molecular weight excluding hydrogens is 460 g/mol. The van der Waals surface area contributed by atoms with Crippen LogP contribution in [0, 0.1) is 0 Å². The van der Waals surface area contributed by atoms with Gasteiger partial charge in [-0.05, 0) is 88.1 Å². The molecule has 9 heteroatoms. The second-order valence-electron chi connectivity index (χ2n) is 8.97. The summed E-state index contributed by atoms with van der Waals surface area (Å²) in [7, 11) is -7.06. The van der Waals surface area contributed by atoms with E-state index in [0.717, 1.165) is 38.5 Å². The molecule has 0 radical (unpaired) electrons. The van der Waals surface area contributed by atoms with E-state index in [-0.39, 0.29) is 21.9 Å². The summed E-state index contributed by atoms with van der Waals surface area (Å²) in [6.45, 7) is 4.99. The molecule has 180 valence electrons. The topological polar surface area (TPSA) is 84.0 Å². The fourth-order valence-electron chi connectivity index (χ4n) is 4.62. The molecule has 4 rings (SSSR count). The summed E-state index contributed by atoms with van der Waals surface area (Å²) in [5.74, 6) is 0.974. The predicted molar refractivity (Wildman–Crippen MR) is 127 cm³/mol. The van der Waals surface area contributed by atoms with E-state index in [1.807, 2.05) is 13.8 Å². The minimum atomic E-state index is -3.53. The Morgan fingerprint density at radius 1 is 0.636 bits per heavy atom. The molecule has 0 aromatic heterocycles. The maximum Gasteiger partial charge on any atom is 0.243 e. The van der Waals surface area contributed by atoms with Crippen molar-refractivity contribution in [1.29, 1.82) is 0 Å². The van der Waals surface area contributed by atoms with Crippen LogP contribution in [-0.4, -0.2) is 50.6 Å². The number of benzene rings is 2. The Kier molecular flexibility index (Phi) is 7.14. The lowest BCUT2D eigenvalue weighted by Crippen LogP contribution is -2.41. The van der Waals surface area contributed by atoms with Crippen LogP contribution in [0.4, 0.5) is 0 Å². The molecule has 0 aliphatic carbocycles. The van der Waals surface area contributed by atoms with Gasteiger partial charge in [0.1, 0.15) is 11.5 Å². The molecule has 7 nitrogen and oxygen atoms in total. The maximum absolute atomic E-state index is 13.0. The van der Waals surface area contributed by atoms with E-state index < -0.39 is 20.0 Å². The van der Waals surface area contributed by atoms with Crippen LogP contribution in [0.3, 0.4) is 0 Å². The van der Waals surface area contributed by atoms with Crippen molar-refractivity contribution in [3.63, 3.8) is 0 Å². The Bertz CT molecular complexity index is 1070. The lowest BCUT2D eigenvalue weighted by Gasteiger charge is -2.32. The monoisotopic (exact) mass is 492 g/mol. The first-order chi connectivity index (χ1) is 15.7. The van der Waals surface area contributed by atoms with Crippen molar-refractivity contribution in [3.8, 4) is 11.5 Å². The zero-order chi connectivity index (χ0) is 23.6. The van der Waals surface area contributed by atoms with Crippen LogP contribution < -0.4 is 4.74 Å². The fourth-order valence-corrected chi connectivity index (χ4v) is 8.02. The summed E-state index contributed by atoms with van der Waals surface area (Å²) in [4.78, 5) is 0.501. The lowest BCUT2D eigenvalue weighted by molar-refractivity contribution is 0.268. The average Bonchev–Trinajstić information content (AvgIpc) is 2.80. The van der Waals surface area contributed by atoms with Crippen LogP contribution in [0.2, 0.25) is 0 Å². The molecule has 0 bridgehead atoms. The van der Waals surface area contributed by atoms with E-state index in [2.05, 4.69) is 0 Å². The van der Waals surface area contributed by atoms with Gasteiger partial charge < -0.3 is 4.74 Å². The smallest absolute Gasteiger partial charge is 0.243 e. The normalized spacial score (nSPS) is 23.3. The highest BCUT2D eigenvalue weighted by Crippen LogP contribution is 2.30. The quantitative estimate of drug-likeness (QED) is 0.588. The molecule has 2 atom stereocenters. The Labute approximate surface area is 197 Å². The van der Waals surface area contributed by atoms with Gasteiger partial charge >= 0.3 is 0 Å². The van der Waals surface area contributed by atoms with Gasteiger partial charge in [0.2, 0.25) is 20.0 Å². The van der Waals surface area contributed by atoms with Gasteiger partial charge in [0.25, 0.3) is 0 Å². The highest BCUT2D eigenvalue weighted by Gasteiger charge is 2.32. The van der Waals surface area contributed by atoms with Gasteiger partial charge in [-0.2, -0.15) is 8.61 Å². The number of hydrogen-bond donors (Lipinski definition) is 0. The van der Waals surface area contributed by atoms with E-state index >= 15 is 0 Å². The minimum absolute atomic E-state index is 0.00222. The summed E-state index contributed by atoms with van der Waals surface area (Å²) in [6, 6.07) is 12.7. The van der Waals surface area contributed by atoms with Gasteiger partial charge in [0, 0.05) is 25.2 Å². The molecule has 0 N–H and O–H groups in total. The van der Waals surface area contributed by atoms with Gasteiger partial charge in [-0.25, -0.2) is 16.8 Å². The summed E-state index contributed by atoms with van der Waals surface area (Å²) in [6.07, 6.45) is 5.63. The van der Waals surface area contributed by atoms with E-state index in [1.54, 1.807) is 57.1 Å². The molecule has 2 aliphatic heterocycles. The second kappa shape index (κ2) is 9.74. The van der Waals surface area contributed by atoms with Crippen LogP contribution in [-0.2, 0) is 20.0 Å². The molecule has 0 amide bonds. The highest BCUT2D eigenvalue weighted by atomic mass is 32.2. The molecule has 2 aliphatic rings. The lowest BCUT2D eigenvalue weighted by atomic mass is 10.1. The molecule has 0 saturated carbocycles. The summed E-state index contributed by atoms with van der Waals surface area (Å²) < 4.78 is 60.9. The van der Waals surface area contributed by atoms with Gasteiger partial charge in [-0.3, -0.25) is 0 Å². The zero-order valence-corrected chi connectivity index (χ0v) is 20.8. The molecular formula is C24H32N2O5S2. The molecule has 0 unspecified atom stereocenters. The van der Waals surface area contributed by atoms with Crippen molar-refractivity contribution in [2.75, 3.05) is 13.1 Å². The van der Waals surface area contributed by atoms with Crippen LogP contribution >= 0.6 is 0 Å². The van der Waals surface area contributed by atoms with E-state index in [0.29, 0.717) is 24.6 Å². The number of nitrogens with zero attached hydrogens (tertiary/aromatic N) is 2. The second-order valence-corrected chi connectivity index (χ2v) is 12.7. The SMILES string of the molecule is C[C@@H]1CCCCN1S(=O)(=O)c1ccc(Oc2ccc(S(=O)(=O)N3CCCC[C@@H]3C)cc2)cc1.